The van der Waals surface area contributed by atoms with Gasteiger partial charge in [0.1, 0.15) is 0 Å². The summed E-state index contributed by atoms with van der Waals surface area (Å²) in [6.07, 6.45) is 2.31. The van der Waals surface area contributed by atoms with Crippen molar-refractivity contribution in [3.63, 3.8) is 0 Å². The van der Waals surface area contributed by atoms with Crippen molar-refractivity contribution in [2.75, 3.05) is 0 Å². The average molecular weight is 437 g/mol. The minimum absolute atomic E-state index is 0.0230. The molecule has 1 unspecified atom stereocenters. The first kappa shape index (κ1) is 16.8. The summed E-state index contributed by atoms with van der Waals surface area (Å²) in [5, 5.41) is 1.00. The first-order valence-corrected chi connectivity index (χ1v) is 11.2. The molecule has 0 aliphatic carbocycles. The molecule has 5 rings (SSSR count). The van der Waals surface area contributed by atoms with Gasteiger partial charge in [0.2, 0.25) is 0 Å². The Bertz CT molecular complexity index is 1140. The van der Waals surface area contributed by atoms with E-state index < -0.39 is 0 Å². The molecule has 0 N–H and O–H groups in total. The van der Waals surface area contributed by atoms with Gasteiger partial charge in [-0.3, -0.25) is 0 Å². The van der Waals surface area contributed by atoms with Gasteiger partial charge in [-0.25, -0.2) is 0 Å². The van der Waals surface area contributed by atoms with Crippen LogP contribution in [0.25, 0.3) is 11.0 Å². The van der Waals surface area contributed by atoms with Crippen molar-refractivity contribution in [1.29, 1.82) is 0 Å². The Balaban J connectivity index is 1.63. The fourth-order valence-electron chi connectivity index (χ4n) is 3.26. The standard InChI is InChI=1S/C22H15FN2SSe/c23-16-12-10-15(11-13-16)20-14-21(27-17-6-2-1-3-7-17)26-22-24-18-8-4-5-9-19(18)25(20)22/h1-14,20H. The zero-order valence-electron chi connectivity index (χ0n) is 14.2. The quantitative estimate of drug-likeness (QED) is 0.431. The van der Waals surface area contributed by atoms with Crippen LogP contribution in [0.15, 0.2) is 93.9 Å². The van der Waals surface area contributed by atoms with Gasteiger partial charge in [0.25, 0.3) is 0 Å². The molecule has 0 fully saturated rings. The summed E-state index contributed by atoms with van der Waals surface area (Å²) in [5.74, 6) is -0.211. The summed E-state index contributed by atoms with van der Waals surface area (Å²) in [4.78, 5) is 4.86. The maximum atomic E-state index is 13.5. The monoisotopic (exact) mass is 438 g/mol. The molecule has 0 spiro atoms. The fourth-order valence-corrected chi connectivity index (χ4v) is 6.88. The normalized spacial score (nSPS) is 16.2. The number of imidazole rings is 1. The predicted octanol–water partition coefficient (Wildman–Crippen LogP) is 4.74. The Morgan fingerprint density at radius 1 is 0.889 bits per heavy atom. The number of thioether (sulfide) groups is 1. The van der Waals surface area contributed by atoms with Gasteiger partial charge in [0.15, 0.2) is 0 Å². The van der Waals surface area contributed by atoms with E-state index in [0.29, 0.717) is 0 Å². The second kappa shape index (κ2) is 7.01. The second-order valence-corrected chi connectivity index (χ2v) is 10.2. The van der Waals surface area contributed by atoms with Crippen molar-refractivity contribution in [3.05, 3.63) is 100 Å². The molecule has 5 heteroatoms. The molecule has 4 aromatic rings. The van der Waals surface area contributed by atoms with E-state index in [0.717, 1.165) is 21.8 Å². The van der Waals surface area contributed by atoms with Crippen molar-refractivity contribution in [2.45, 2.75) is 11.2 Å². The van der Waals surface area contributed by atoms with Crippen LogP contribution < -0.4 is 4.46 Å². The third kappa shape index (κ3) is 3.23. The number of nitrogens with zero attached hydrogens (tertiary/aromatic N) is 2. The van der Waals surface area contributed by atoms with Crippen LogP contribution in [-0.4, -0.2) is 24.5 Å². The summed E-state index contributed by atoms with van der Waals surface area (Å²) < 4.78 is 18.4. The van der Waals surface area contributed by atoms with E-state index in [2.05, 4.69) is 41.0 Å². The van der Waals surface area contributed by atoms with E-state index in [1.807, 2.05) is 36.4 Å². The van der Waals surface area contributed by atoms with Gasteiger partial charge < -0.3 is 0 Å². The van der Waals surface area contributed by atoms with Gasteiger partial charge >= 0.3 is 167 Å². The number of benzene rings is 3. The van der Waals surface area contributed by atoms with E-state index >= 15 is 0 Å². The number of rotatable bonds is 3. The van der Waals surface area contributed by atoms with Crippen LogP contribution in [0.2, 0.25) is 0 Å². The Hall–Kier alpha value is -2.33. The van der Waals surface area contributed by atoms with Crippen molar-refractivity contribution in [1.82, 2.24) is 9.55 Å². The topological polar surface area (TPSA) is 17.8 Å². The van der Waals surface area contributed by atoms with Gasteiger partial charge in [0.05, 0.1) is 0 Å². The van der Waals surface area contributed by atoms with Crippen LogP contribution in [0.3, 0.4) is 0 Å². The Kier molecular flexibility index (Phi) is 4.36. The van der Waals surface area contributed by atoms with Crippen LogP contribution in [0.4, 0.5) is 4.39 Å². The van der Waals surface area contributed by atoms with Crippen LogP contribution in [-0.2, 0) is 0 Å². The van der Waals surface area contributed by atoms with E-state index in [1.54, 1.807) is 11.8 Å². The molecule has 0 saturated carbocycles. The third-order valence-electron chi connectivity index (χ3n) is 4.50. The van der Waals surface area contributed by atoms with Gasteiger partial charge in [-0.15, -0.1) is 0 Å². The molecule has 132 valence electrons. The third-order valence-corrected chi connectivity index (χ3v) is 8.04. The van der Waals surface area contributed by atoms with Crippen LogP contribution in [0.1, 0.15) is 11.6 Å². The number of hydrogen-bond donors (Lipinski definition) is 0. The molecule has 1 aliphatic rings. The van der Waals surface area contributed by atoms with E-state index in [-0.39, 0.29) is 26.8 Å². The summed E-state index contributed by atoms with van der Waals surface area (Å²) in [7, 11) is 0. The first-order valence-electron chi connectivity index (χ1n) is 8.63. The summed E-state index contributed by atoms with van der Waals surface area (Å²) in [5.41, 5.74) is 3.17. The molecule has 0 amide bonds. The number of para-hydroxylation sites is 2. The maximum absolute atomic E-state index is 13.5. The average Bonchev–Trinajstić information content (AvgIpc) is 3.07. The number of aromatic nitrogens is 2. The number of hydrogen-bond acceptors (Lipinski definition) is 2. The molecule has 0 saturated heterocycles. The Labute approximate surface area is 167 Å². The first-order chi connectivity index (χ1) is 13.3. The molecule has 0 bridgehead atoms. The summed E-state index contributed by atoms with van der Waals surface area (Å²) >= 11 is 1.96. The Morgan fingerprint density at radius 3 is 2.44 bits per heavy atom. The number of allylic oxidation sites excluding steroid dienone is 1. The van der Waals surface area contributed by atoms with Gasteiger partial charge in [-0.1, -0.05) is 0 Å². The minimum atomic E-state index is -0.211. The van der Waals surface area contributed by atoms with Crippen LogP contribution in [0.5, 0.6) is 0 Å². The Morgan fingerprint density at radius 2 is 1.63 bits per heavy atom. The van der Waals surface area contributed by atoms with Gasteiger partial charge in [0, 0.05) is 0 Å². The molecule has 27 heavy (non-hydrogen) atoms. The van der Waals surface area contributed by atoms with Crippen molar-refractivity contribution in [2.24, 2.45) is 0 Å². The molecular weight excluding hydrogens is 422 g/mol. The van der Waals surface area contributed by atoms with E-state index in [1.165, 1.54) is 20.4 Å². The SMILES string of the molecule is Fc1ccc(C2C=C([Se]c3ccccc3)Sc3nc4ccccc4n32)cc1. The second-order valence-electron chi connectivity index (χ2n) is 6.25. The molecule has 0 radical (unpaired) electrons. The molecule has 1 aliphatic heterocycles. The number of halogens is 1. The van der Waals surface area contributed by atoms with Crippen molar-refractivity contribution < 1.29 is 4.39 Å². The fraction of sp³-hybridized carbons (Fsp3) is 0.0455. The molecule has 2 heterocycles. The zero-order valence-corrected chi connectivity index (χ0v) is 16.8. The molecule has 2 nitrogen and oxygen atoms in total. The van der Waals surface area contributed by atoms with Gasteiger partial charge in [-0.2, -0.15) is 0 Å². The van der Waals surface area contributed by atoms with Crippen molar-refractivity contribution >= 4 is 42.2 Å². The summed E-state index contributed by atoms with van der Waals surface area (Å²) in [6, 6.07) is 25.6. The van der Waals surface area contributed by atoms with Crippen LogP contribution in [0, 0.1) is 5.82 Å². The van der Waals surface area contributed by atoms with Crippen molar-refractivity contribution in [3.8, 4) is 0 Å². The van der Waals surface area contributed by atoms with Crippen LogP contribution >= 0.6 is 11.8 Å². The molecular formula is C22H15FN2SSe. The van der Waals surface area contributed by atoms with E-state index in [4.69, 9.17) is 4.98 Å². The number of fused-ring (bicyclic) bond motifs is 3. The molecule has 3 aromatic carbocycles. The predicted molar refractivity (Wildman–Crippen MR) is 110 cm³/mol. The molecule has 1 aromatic heterocycles. The molecule has 1 atom stereocenters. The zero-order chi connectivity index (χ0) is 18.2. The van der Waals surface area contributed by atoms with E-state index in [9.17, 15) is 4.39 Å². The van der Waals surface area contributed by atoms with Gasteiger partial charge in [-0.05, 0) is 0 Å². The summed E-state index contributed by atoms with van der Waals surface area (Å²) in [6.45, 7) is 0.